The van der Waals surface area contributed by atoms with E-state index < -0.39 is 28.1 Å². The number of hydrogen-bond acceptors (Lipinski definition) is 7. The Morgan fingerprint density at radius 3 is 2.41 bits per heavy atom. The van der Waals surface area contributed by atoms with Gasteiger partial charge in [-0.05, 0) is 17.7 Å². The van der Waals surface area contributed by atoms with Crippen LogP contribution in [0.2, 0.25) is 0 Å². The van der Waals surface area contributed by atoms with E-state index in [1.807, 2.05) is 30.3 Å². The first kappa shape index (κ1) is 23.5. The molecule has 1 aliphatic heterocycles. The van der Waals surface area contributed by atoms with Crippen LogP contribution in [0.4, 0.5) is 0 Å². The molecule has 1 unspecified atom stereocenters. The first-order chi connectivity index (χ1) is 15.4. The van der Waals surface area contributed by atoms with Gasteiger partial charge >= 0.3 is 11.8 Å². The number of hydrogen-bond donors (Lipinski definition) is 2. The second-order valence-corrected chi connectivity index (χ2v) is 8.73. The van der Waals surface area contributed by atoms with Crippen molar-refractivity contribution in [3.8, 4) is 11.5 Å². The molecule has 0 aliphatic carbocycles. The molecule has 3 rings (SSSR count). The van der Waals surface area contributed by atoms with E-state index in [0.29, 0.717) is 5.75 Å². The molecule has 172 valence electrons. The Hall–Kier alpha value is -3.15. The van der Waals surface area contributed by atoms with Crippen LogP contribution in [0.15, 0.2) is 53.4 Å². The average molecular weight is 464 g/mol. The minimum atomic E-state index is -3.94. The second-order valence-electron chi connectivity index (χ2n) is 6.84. The lowest BCUT2D eigenvalue weighted by Gasteiger charge is -2.23. The quantitative estimate of drug-likeness (QED) is 0.546. The van der Waals surface area contributed by atoms with Crippen molar-refractivity contribution in [3.05, 3.63) is 54.1 Å². The van der Waals surface area contributed by atoms with Crippen LogP contribution in [-0.2, 0) is 30.9 Å². The molecule has 10 nitrogen and oxygen atoms in total. The van der Waals surface area contributed by atoms with Crippen LogP contribution in [0.5, 0.6) is 11.5 Å². The predicted molar refractivity (Wildman–Crippen MR) is 114 cm³/mol. The number of sulfonamides is 1. The van der Waals surface area contributed by atoms with Gasteiger partial charge in [0.2, 0.25) is 10.0 Å². The normalized spacial score (nSPS) is 16.4. The van der Waals surface area contributed by atoms with Gasteiger partial charge in [0.05, 0.1) is 32.3 Å². The predicted octanol–water partition coefficient (Wildman–Crippen LogP) is 0.483. The molecule has 1 saturated heterocycles. The number of methoxy groups -OCH3 is 2. The number of nitrogens with one attached hydrogen (secondary N) is 2. The molecule has 1 atom stereocenters. The Bertz CT molecular complexity index is 1060. The zero-order valence-corrected chi connectivity index (χ0v) is 18.6. The number of amides is 2. The molecule has 2 N–H and O–H groups in total. The highest BCUT2D eigenvalue weighted by atomic mass is 32.2. The van der Waals surface area contributed by atoms with E-state index >= 15 is 0 Å². The molecule has 32 heavy (non-hydrogen) atoms. The minimum Gasteiger partial charge on any atom is -0.493 e. The lowest BCUT2D eigenvalue weighted by molar-refractivity contribution is -0.139. The fourth-order valence-corrected chi connectivity index (χ4v) is 4.70. The van der Waals surface area contributed by atoms with Crippen molar-refractivity contribution in [3.63, 3.8) is 0 Å². The van der Waals surface area contributed by atoms with Gasteiger partial charge in [-0.25, -0.2) is 8.42 Å². The summed E-state index contributed by atoms with van der Waals surface area (Å²) in [5.74, 6) is -1.02. The van der Waals surface area contributed by atoms with Gasteiger partial charge in [0, 0.05) is 19.2 Å². The third-order valence-electron chi connectivity index (χ3n) is 4.84. The first-order valence-corrected chi connectivity index (χ1v) is 11.3. The molecule has 0 aromatic heterocycles. The van der Waals surface area contributed by atoms with E-state index in [2.05, 4.69) is 10.6 Å². The number of rotatable bonds is 8. The van der Waals surface area contributed by atoms with Gasteiger partial charge < -0.3 is 24.8 Å². The van der Waals surface area contributed by atoms with Crippen LogP contribution in [-0.4, -0.2) is 64.7 Å². The summed E-state index contributed by atoms with van der Waals surface area (Å²) in [4.78, 5) is 24.2. The Morgan fingerprint density at radius 1 is 1.03 bits per heavy atom. The molecule has 2 aromatic rings. The van der Waals surface area contributed by atoms with E-state index in [1.165, 1.54) is 32.4 Å². The fourth-order valence-electron chi connectivity index (χ4n) is 3.17. The topological polar surface area (TPSA) is 123 Å². The lowest BCUT2D eigenvalue weighted by atomic mass is 10.2. The number of carbonyl (C=O) groups excluding carboxylic acids is 2. The smallest absolute Gasteiger partial charge is 0.309 e. The van der Waals surface area contributed by atoms with E-state index in [9.17, 15) is 18.0 Å². The maximum Gasteiger partial charge on any atom is 0.309 e. The van der Waals surface area contributed by atoms with Crippen molar-refractivity contribution in [2.24, 2.45) is 0 Å². The van der Waals surface area contributed by atoms with Crippen LogP contribution in [0.25, 0.3) is 0 Å². The molecule has 1 heterocycles. The van der Waals surface area contributed by atoms with E-state index in [1.54, 1.807) is 0 Å². The summed E-state index contributed by atoms with van der Waals surface area (Å²) >= 11 is 0. The number of ether oxygens (including phenoxy) is 3. The van der Waals surface area contributed by atoms with Crippen molar-refractivity contribution in [2.75, 3.05) is 33.9 Å². The van der Waals surface area contributed by atoms with Gasteiger partial charge in [0.1, 0.15) is 6.23 Å². The highest BCUT2D eigenvalue weighted by Gasteiger charge is 2.37. The first-order valence-electron chi connectivity index (χ1n) is 9.82. The van der Waals surface area contributed by atoms with Crippen LogP contribution in [0, 0.1) is 0 Å². The summed E-state index contributed by atoms with van der Waals surface area (Å²) in [5.41, 5.74) is 0.847. The maximum atomic E-state index is 13.1. The maximum absolute atomic E-state index is 13.1. The summed E-state index contributed by atoms with van der Waals surface area (Å²) < 4.78 is 43.2. The lowest BCUT2D eigenvalue weighted by Crippen LogP contribution is -2.47. The molecule has 2 aromatic carbocycles. The number of carbonyl (C=O) groups is 2. The van der Waals surface area contributed by atoms with E-state index in [4.69, 9.17) is 14.2 Å². The van der Waals surface area contributed by atoms with Gasteiger partial charge in [-0.15, -0.1) is 0 Å². The molecule has 0 radical (unpaired) electrons. The third-order valence-corrected chi connectivity index (χ3v) is 6.73. The molecule has 1 fully saturated rings. The molecular weight excluding hydrogens is 438 g/mol. The van der Waals surface area contributed by atoms with Gasteiger partial charge in [0.25, 0.3) is 0 Å². The highest BCUT2D eigenvalue weighted by Crippen LogP contribution is 2.31. The summed E-state index contributed by atoms with van der Waals surface area (Å²) in [6.45, 7) is 0.293. The molecule has 0 saturated carbocycles. The molecule has 0 spiro atoms. The van der Waals surface area contributed by atoms with Gasteiger partial charge in [-0.2, -0.15) is 4.31 Å². The van der Waals surface area contributed by atoms with E-state index in [-0.39, 0.29) is 36.9 Å². The SMILES string of the molecule is COc1ccc(S(=O)(=O)N2CCOC2CNC(=O)C(=O)NCc2ccccc2)cc1OC. The third kappa shape index (κ3) is 5.36. The molecule has 1 aliphatic rings. The minimum absolute atomic E-state index is 0.00224. The van der Waals surface area contributed by atoms with Crippen LogP contribution >= 0.6 is 0 Å². The van der Waals surface area contributed by atoms with Gasteiger partial charge in [-0.1, -0.05) is 30.3 Å². The zero-order chi connectivity index (χ0) is 23.1. The van der Waals surface area contributed by atoms with Crippen LogP contribution in [0.3, 0.4) is 0 Å². The van der Waals surface area contributed by atoms with Gasteiger partial charge in [-0.3, -0.25) is 9.59 Å². The van der Waals surface area contributed by atoms with Gasteiger partial charge in [0.15, 0.2) is 11.5 Å². The molecule has 2 amide bonds. The highest BCUT2D eigenvalue weighted by molar-refractivity contribution is 7.89. The number of nitrogens with zero attached hydrogens (tertiary/aromatic N) is 1. The number of benzene rings is 2. The molecule has 0 bridgehead atoms. The van der Waals surface area contributed by atoms with Crippen molar-refractivity contribution in [2.45, 2.75) is 17.7 Å². The summed E-state index contributed by atoms with van der Waals surface area (Å²) in [6.07, 6.45) is -0.945. The standard InChI is InChI=1S/C21H25N3O7S/c1-29-17-9-8-16(12-18(17)30-2)32(27,28)24-10-11-31-19(24)14-23-21(26)20(25)22-13-15-6-4-3-5-7-15/h3-9,12,19H,10-11,13-14H2,1-2H3,(H,22,25)(H,23,26). The molecular formula is C21H25N3O7S. The zero-order valence-electron chi connectivity index (χ0n) is 17.7. The second kappa shape index (κ2) is 10.4. The average Bonchev–Trinajstić information content (AvgIpc) is 3.30. The van der Waals surface area contributed by atoms with Crippen molar-refractivity contribution in [1.82, 2.24) is 14.9 Å². The Morgan fingerprint density at radius 2 is 1.72 bits per heavy atom. The van der Waals surface area contributed by atoms with Crippen molar-refractivity contribution in [1.29, 1.82) is 0 Å². The Kier molecular flexibility index (Phi) is 7.67. The van der Waals surface area contributed by atoms with Crippen LogP contribution in [0.1, 0.15) is 5.56 Å². The summed E-state index contributed by atoms with van der Waals surface area (Å²) in [7, 11) is -1.07. The Balaban J connectivity index is 1.61. The fraction of sp³-hybridized carbons (Fsp3) is 0.333. The Labute approximate surface area is 186 Å². The molecule has 11 heteroatoms. The summed E-state index contributed by atoms with van der Waals surface area (Å²) in [6, 6.07) is 13.4. The van der Waals surface area contributed by atoms with Crippen molar-refractivity contribution >= 4 is 21.8 Å². The van der Waals surface area contributed by atoms with Crippen LogP contribution < -0.4 is 20.1 Å². The largest absolute Gasteiger partial charge is 0.493 e. The van der Waals surface area contributed by atoms with E-state index in [0.717, 1.165) is 9.87 Å². The summed E-state index contributed by atoms with van der Waals surface area (Å²) in [5, 5.41) is 4.94. The monoisotopic (exact) mass is 463 g/mol. The van der Waals surface area contributed by atoms with Crippen molar-refractivity contribution < 1.29 is 32.2 Å².